The van der Waals surface area contributed by atoms with Gasteiger partial charge in [-0.25, -0.2) is 13.4 Å². The number of nitrogens with zero attached hydrogens (tertiary/aromatic N) is 3. The van der Waals surface area contributed by atoms with Crippen molar-refractivity contribution in [1.82, 2.24) is 4.98 Å². The van der Waals surface area contributed by atoms with Crippen LogP contribution in [0.2, 0.25) is 0 Å². The molecule has 34 heavy (non-hydrogen) atoms. The van der Waals surface area contributed by atoms with Crippen molar-refractivity contribution in [3.63, 3.8) is 0 Å². The summed E-state index contributed by atoms with van der Waals surface area (Å²) in [5.41, 5.74) is 1.31. The Morgan fingerprint density at radius 1 is 1.03 bits per heavy atom. The lowest BCUT2D eigenvalue weighted by molar-refractivity contribution is -0.00546. The third-order valence-electron chi connectivity index (χ3n) is 5.62. The highest BCUT2D eigenvalue weighted by Gasteiger charge is 2.24. The second-order valence-electron chi connectivity index (χ2n) is 8.36. The van der Waals surface area contributed by atoms with Crippen LogP contribution in [0.4, 0.5) is 17.2 Å². The molecule has 2 unspecified atom stereocenters. The maximum absolute atomic E-state index is 13.1. The number of amides is 1. The molecule has 1 N–H and O–H groups in total. The minimum Gasteiger partial charge on any atom is -0.372 e. The predicted octanol–water partition coefficient (Wildman–Crippen LogP) is 3.77. The van der Waals surface area contributed by atoms with Crippen LogP contribution in [-0.2, 0) is 14.8 Å². The average Bonchev–Trinajstić information content (AvgIpc) is 2.83. The molecule has 2 heterocycles. The maximum atomic E-state index is 13.1. The number of pyridine rings is 1. The summed E-state index contributed by atoms with van der Waals surface area (Å²) in [4.78, 5) is 19.5. The molecule has 1 aliphatic rings. The van der Waals surface area contributed by atoms with E-state index in [4.69, 9.17) is 4.74 Å². The molecule has 1 amide bonds. The highest BCUT2D eigenvalue weighted by atomic mass is 32.2. The number of anilines is 3. The van der Waals surface area contributed by atoms with Crippen LogP contribution >= 0.6 is 0 Å². The zero-order chi connectivity index (χ0) is 24.3. The molecule has 0 bridgehead atoms. The van der Waals surface area contributed by atoms with E-state index in [0.717, 1.165) is 18.9 Å². The van der Waals surface area contributed by atoms with Gasteiger partial charge in [0.2, 0.25) is 0 Å². The van der Waals surface area contributed by atoms with Crippen molar-refractivity contribution in [3.05, 3.63) is 78.5 Å². The monoisotopic (exact) mass is 480 g/mol. The standard InChI is InChI=1S/C25H28N4O4S/c1-18-16-29(17-19(2)33-18)24-13-12-20(15-26-24)25(30)27-21-8-7-11-23(14-21)34(31,32)28(3)22-9-5-4-6-10-22/h4-15,18-19H,16-17H2,1-3H3,(H,27,30). The molecule has 1 aliphatic heterocycles. The van der Waals surface area contributed by atoms with Gasteiger partial charge in [0.05, 0.1) is 28.4 Å². The normalized spacial score (nSPS) is 18.4. The molecule has 1 fully saturated rings. The van der Waals surface area contributed by atoms with E-state index in [0.29, 0.717) is 16.9 Å². The quantitative estimate of drug-likeness (QED) is 0.577. The first-order chi connectivity index (χ1) is 16.2. The number of aromatic nitrogens is 1. The van der Waals surface area contributed by atoms with Crippen LogP contribution in [-0.4, -0.2) is 51.7 Å². The largest absolute Gasteiger partial charge is 0.372 e. The number of rotatable bonds is 6. The summed E-state index contributed by atoms with van der Waals surface area (Å²) in [7, 11) is -2.29. The predicted molar refractivity (Wildman–Crippen MR) is 133 cm³/mol. The summed E-state index contributed by atoms with van der Waals surface area (Å²) >= 11 is 0. The molecule has 8 nitrogen and oxygen atoms in total. The Morgan fingerprint density at radius 3 is 2.38 bits per heavy atom. The zero-order valence-electron chi connectivity index (χ0n) is 19.4. The van der Waals surface area contributed by atoms with Gasteiger partial charge in [-0.05, 0) is 56.3 Å². The van der Waals surface area contributed by atoms with E-state index < -0.39 is 10.0 Å². The van der Waals surface area contributed by atoms with Crippen molar-refractivity contribution in [2.75, 3.05) is 34.7 Å². The first kappa shape index (κ1) is 23.7. The van der Waals surface area contributed by atoms with E-state index in [1.165, 1.54) is 29.7 Å². The Hall–Kier alpha value is -3.43. The van der Waals surface area contributed by atoms with Gasteiger partial charge in [0.15, 0.2) is 0 Å². The van der Waals surface area contributed by atoms with E-state index >= 15 is 0 Å². The van der Waals surface area contributed by atoms with Crippen LogP contribution in [0.5, 0.6) is 0 Å². The number of nitrogens with one attached hydrogen (secondary N) is 1. The summed E-state index contributed by atoms with van der Waals surface area (Å²) in [6, 6.07) is 18.5. The van der Waals surface area contributed by atoms with Crippen LogP contribution in [0, 0.1) is 0 Å². The van der Waals surface area contributed by atoms with Gasteiger partial charge < -0.3 is 15.0 Å². The van der Waals surface area contributed by atoms with E-state index in [9.17, 15) is 13.2 Å². The Balaban J connectivity index is 1.47. The van der Waals surface area contributed by atoms with Crippen LogP contribution in [0.15, 0.2) is 77.8 Å². The van der Waals surface area contributed by atoms with Gasteiger partial charge in [0.1, 0.15) is 5.82 Å². The minimum atomic E-state index is -3.79. The number of benzene rings is 2. The Bertz CT molecular complexity index is 1240. The van der Waals surface area contributed by atoms with Gasteiger partial charge in [-0.15, -0.1) is 0 Å². The lowest BCUT2D eigenvalue weighted by Crippen LogP contribution is -2.45. The van der Waals surface area contributed by atoms with Gasteiger partial charge in [-0.1, -0.05) is 24.3 Å². The Kier molecular flexibility index (Phi) is 6.85. The van der Waals surface area contributed by atoms with Crippen molar-refractivity contribution in [3.8, 4) is 0 Å². The molecule has 1 aromatic heterocycles. The SMILES string of the molecule is CC1CN(c2ccc(C(=O)Nc3cccc(S(=O)(=O)N(C)c4ccccc4)c3)cn2)CC(C)O1. The molecule has 2 atom stereocenters. The number of morpholine rings is 1. The topological polar surface area (TPSA) is 91.8 Å². The van der Waals surface area contributed by atoms with Gasteiger partial charge in [0, 0.05) is 32.0 Å². The lowest BCUT2D eigenvalue weighted by atomic mass is 10.2. The summed E-state index contributed by atoms with van der Waals surface area (Å²) in [6.45, 7) is 5.52. The number of carbonyl (C=O) groups is 1. The molecule has 178 valence electrons. The number of carbonyl (C=O) groups excluding carboxylic acids is 1. The fraction of sp³-hybridized carbons (Fsp3) is 0.280. The molecule has 1 saturated heterocycles. The molecule has 4 rings (SSSR count). The maximum Gasteiger partial charge on any atom is 0.264 e. The minimum absolute atomic E-state index is 0.0840. The summed E-state index contributed by atoms with van der Waals surface area (Å²) in [6.07, 6.45) is 1.75. The molecular formula is C25H28N4O4S. The molecule has 3 aromatic rings. The zero-order valence-corrected chi connectivity index (χ0v) is 20.2. The van der Waals surface area contributed by atoms with Crippen molar-refractivity contribution in [2.24, 2.45) is 0 Å². The van der Waals surface area contributed by atoms with E-state index in [1.54, 1.807) is 42.5 Å². The van der Waals surface area contributed by atoms with E-state index in [-0.39, 0.29) is 23.0 Å². The molecule has 0 saturated carbocycles. The fourth-order valence-electron chi connectivity index (χ4n) is 3.94. The summed E-state index contributed by atoms with van der Waals surface area (Å²) in [5.74, 6) is 0.421. The Labute approximate surface area is 200 Å². The second-order valence-corrected chi connectivity index (χ2v) is 10.3. The Morgan fingerprint density at radius 2 is 1.74 bits per heavy atom. The van der Waals surface area contributed by atoms with E-state index in [1.807, 2.05) is 26.0 Å². The third kappa shape index (κ3) is 5.21. The molecule has 9 heteroatoms. The average molecular weight is 481 g/mol. The van der Waals surface area contributed by atoms with Crippen LogP contribution in [0.1, 0.15) is 24.2 Å². The van der Waals surface area contributed by atoms with Gasteiger partial charge in [-0.3, -0.25) is 9.10 Å². The molecule has 0 aliphatic carbocycles. The van der Waals surface area contributed by atoms with Crippen molar-refractivity contribution < 1.29 is 17.9 Å². The first-order valence-corrected chi connectivity index (χ1v) is 12.5. The molecule has 0 spiro atoms. The van der Waals surface area contributed by atoms with Gasteiger partial charge >= 0.3 is 0 Å². The second kappa shape index (κ2) is 9.82. The van der Waals surface area contributed by atoms with Gasteiger partial charge in [0.25, 0.3) is 15.9 Å². The van der Waals surface area contributed by atoms with Crippen LogP contribution in [0.3, 0.4) is 0 Å². The smallest absolute Gasteiger partial charge is 0.264 e. The molecule has 2 aromatic carbocycles. The van der Waals surface area contributed by atoms with Crippen molar-refractivity contribution in [1.29, 1.82) is 0 Å². The highest BCUT2D eigenvalue weighted by Crippen LogP contribution is 2.24. The molecule has 0 radical (unpaired) electrons. The molecular weight excluding hydrogens is 452 g/mol. The van der Waals surface area contributed by atoms with Crippen LogP contribution in [0.25, 0.3) is 0 Å². The number of hydrogen-bond donors (Lipinski definition) is 1. The number of ether oxygens (including phenoxy) is 1. The number of sulfonamides is 1. The third-order valence-corrected chi connectivity index (χ3v) is 7.41. The highest BCUT2D eigenvalue weighted by molar-refractivity contribution is 7.92. The van der Waals surface area contributed by atoms with Gasteiger partial charge in [-0.2, -0.15) is 0 Å². The number of para-hydroxylation sites is 1. The summed E-state index contributed by atoms with van der Waals surface area (Å²) in [5, 5.41) is 2.77. The number of hydrogen-bond acceptors (Lipinski definition) is 6. The fourth-order valence-corrected chi connectivity index (χ4v) is 5.19. The first-order valence-electron chi connectivity index (χ1n) is 11.1. The van der Waals surface area contributed by atoms with Crippen molar-refractivity contribution >= 4 is 33.1 Å². The lowest BCUT2D eigenvalue weighted by Gasteiger charge is -2.36. The summed E-state index contributed by atoms with van der Waals surface area (Å²) < 4.78 is 33.1. The van der Waals surface area contributed by atoms with Crippen molar-refractivity contribution in [2.45, 2.75) is 31.0 Å². The van der Waals surface area contributed by atoms with E-state index in [2.05, 4.69) is 15.2 Å². The van der Waals surface area contributed by atoms with Crippen LogP contribution < -0.4 is 14.5 Å².